The van der Waals surface area contributed by atoms with Gasteiger partial charge in [-0.15, -0.1) is 0 Å². The van der Waals surface area contributed by atoms with Crippen molar-refractivity contribution in [1.82, 2.24) is 5.43 Å². The first-order valence-electron chi connectivity index (χ1n) is 8.98. The third kappa shape index (κ3) is 5.47. The molecule has 0 fully saturated rings. The Hall–Kier alpha value is -3.14. The smallest absolute Gasteiger partial charge is 0.271 e. The van der Waals surface area contributed by atoms with E-state index in [-0.39, 0.29) is 12.5 Å². The third-order valence-corrected chi connectivity index (χ3v) is 5.20. The molecule has 3 aromatic carbocycles. The van der Waals surface area contributed by atoms with Crippen LogP contribution in [-0.2, 0) is 6.61 Å². The largest absolute Gasteiger partial charge is 0.488 e. The monoisotopic (exact) mass is 481 g/mol. The molecule has 0 aliphatic rings. The van der Waals surface area contributed by atoms with Crippen LogP contribution in [0.4, 0.5) is 0 Å². The molecule has 0 bridgehead atoms. The number of carbonyl (C=O) groups excluding carboxylic acids is 1. The lowest BCUT2D eigenvalue weighted by atomic mass is 10.1. The van der Waals surface area contributed by atoms with Crippen LogP contribution in [0.1, 0.15) is 32.6 Å². The quantitative estimate of drug-likeness (QED) is 0.366. The molecule has 0 aliphatic heterocycles. The molecule has 3 aromatic rings. The fourth-order valence-electron chi connectivity index (χ4n) is 2.62. The fourth-order valence-corrected chi connectivity index (χ4v) is 3.18. The van der Waals surface area contributed by atoms with Crippen molar-refractivity contribution < 1.29 is 9.53 Å². The van der Waals surface area contributed by atoms with Crippen LogP contribution < -0.4 is 10.2 Å². The van der Waals surface area contributed by atoms with Crippen molar-refractivity contribution in [2.24, 2.45) is 5.10 Å². The van der Waals surface area contributed by atoms with E-state index in [1.165, 1.54) is 6.21 Å². The van der Waals surface area contributed by atoms with Gasteiger partial charge < -0.3 is 4.74 Å². The van der Waals surface area contributed by atoms with Crippen LogP contribution in [0.15, 0.2) is 70.2 Å². The van der Waals surface area contributed by atoms with Crippen molar-refractivity contribution >= 4 is 39.7 Å². The summed E-state index contributed by atoms with van der Waals surface area (Å²) in [4.78, 5) is 12.3. The van der Waals surface area contributed by atoms with Crippen molar-refractivity contribution in [3.05, 3.63) is 98.0 Å². The summed E-state index contributed by atoms with van der Waals surface area (Å²) in [6.45, 7) is 2.10. The van der Waals surface area contributed by atoms with Crippen molar-refractivity contribution in [3.63, 3.8) is 0 Å². The normalized spacial score (nSPS) is 10.6. The molecule has 0 saturated heterocycles. The molecule has 1 N–H and O–H groups in total. The molecule has 3 rings (SSSR count). The number of nitrogens with zero attached hydrogens (tertiary/aromatic N) is 2. The lowest BCUT2D eigenvalue weighted by Crippen LogP contribution is -2.17. The van der Waals surface area contributed by atoms with Gasteiger partial charge in [-0.05, 0) is 48.9 Å². The van der Waals surface area contributed by atoms with E-state index < -0.39 is 0 Å². The number of halogens is 2. The molecule has 1 amide bonds. The number of nitriles is 1. The zero-order chi connectivity index (χ0) is 21.5. The Labute approximate surface area is 188 Å². The fraction of sp³-hybridized carbons (Fsp3) is 0.0870. The number of hydrazone groups is 1. The van der Waals surface area contributed by atoms with Gasteiger partial charge in [0.05, 0.1) is 17.8 Å². The summed E-state index contributed by atoms with van der Waals surface area (Å²) < 4.78 is 6.74. The maximum atomic E-state index is 12.3. The van der Waals surface area contributed by atoms with E-state index in [0.29, 0.717) is 27.5 Å². The number of benzene rings is 3. The van der Waals surface area contributed by atoms with Gasteiger partial charge in [-0.3, -0.25) is 4.79 Å². The van der Waals surface area contributed by atoms with E-state index in [9.17, 15) is 10.1 Å². The van der Waals surface area contributed by atoms with Gasteiger partial charge in [-0.2, -0.15) is 10.4 Å². The number of ether oxygens (including phenoxy) is 1. The third-order valence-electron chi connectivity index (χ3n) is 4.30. The average Bonchev–Trinajstić information content (AvgIpc) is 2.75. The van der Waals surface area contributed by atoms with Crippen molar-refractivity contribution in [2.75, 3.05) is 0 Å². The molecule has 30 heavy (non-hydrogen) atoms. The lowest BCUT2D eigenvalue weighted by molar-refractivity contribution is 0.0955. The van der Waals surface area contributed by atoms with Gasteiger partial charge in [-0.25, -0.2) is 5.43 Å². The van der Waals surface area contributed by atoms with E-state index >= 15 is 0 Å². The number of nitrogens with one attached hydrogen (secondary N) is 1. The highest BCUT2D eigenvalue weighted by Crippen LogP contribution is 2.23. The van der Waals surface area contributed by atoms with Crippen molar-refractivity contribution in [1.29, 1.82) is 5.26 Å². The predicted molar refractivity (Wildman–Crippen MR) is 121 cm³/mol. The van der Waals surface area contributed by atoms with Crippen LogP contribution in [0.2, 0.25) is 5.02 Å². The number of rotatable bonds is 6. The molecule has 0 aromatic heterocycles. The Bertz CT molecular complexity index is 1160. The van der Waals surface area contributed by atoms with Crippen LogP contribution in [0.3, 0.4) is 0 Å². The van der Waals surface area contributed by atoms with E-state index in [0.717, 1.165) is 15.6 Å². The zero-order valence-corrected chi connectivity index (χ0v) is 18.4. The molecule has 0 spiro atoms. The van der Waals surface area contributed by atoms with Crippen molar-refractivity contribution in [3.8, 4) is 11.8 Å². The van der Waals surface area contributed by atoms with Crippen LogP contribution in [0.5, 0.6) is 5.75 Å². The zero-order valence-electron chi connectivity index (χ0n) is 16.0. The summed E-state index contributed by atoms with van der Waals surface area (Å²) in [6.07, 6.45) is 1.50. The highest BCUT2D eigenvalue weighted by Gasteiger charge is 2.08. The van der Waals surface area contributed by atoms with Gasteiger partial charge >= 0.3 is 0 Å². The molecule has 7 heteroatoms. The van der Waals surface area contributed by atoms with Gasteiger partial charge in [0, 0.05) is 26.2 Å². The molecule has 0 aliphatic carbocycles. The Balaban J connectivity index is 1.72. The summed E-state index contributed by atoms with van der Waals surface area (Å²) >= 11 is 9.50. The summed E-state index contributed by atoms with van der Waals surface area (Å²) in [5.41, 5.74) is 5.82. The highest BCUT2D eigenvalue weighted by atomic mass is 79.9. The molecule has 0 unspecified atom stereocenters. The lowest BCUT2D eigenvalue weighted by Gasteiger charge is -2.10. The number of hydrogen-bond acceptors (Lipinski definition) is 4. The summed E-state index contributed by atoms with van der Waals surface area (Å²) in [5.74, 6) is 0.205. The second-order valence-corrected chi connectivity index (χ2v) is 7.73. The van der Waals surface area contributed by atoms with Gasteiger partial charge in [0.25, 0.3) is 5.91 Å². The Morgan fingerprint density at radius 2 is 2.03 bits per heavy atom. The minimum atomic E-state index is -0.367. The molecule has 5 nitrogen and oxygen atoms in total. The predicted octanol–water partition coefficient (Wildman–Crippen LogP) is 5.63. The first-order valence-corrected chi connectivity index (χ1v) is 10.1. The van der Waals surface area contributed by atoms with E-state index in [4.69, 9.17) is 16.3 Å². The molecule has 150 valence electrons. The minimum Gasteiger partial charge on any atom is -0.488 e. The number of amides is 1. The molecule has 0 heterocycles. The second-order valence-electron chi connectivity index (χ2n) is 6.40. The summed E-state index contributed by atoms with van der Waals surface area (Å²) in [7, 11) is 0. The van der Waals surface area contributed by atoms with Gasteiger partial charge in [0.2, 0.25) is 0 Å². The molecular formula is C23H17BrClN3O2. The number of carbonyl (C=O) groups is 1. The minimum absolute atomic E-state index is 0.237. The van der Waals surface area contributed by atoms with E-state index in [2.05, 4.69) is 32.5 Å². The number of hydrogen-bond donors (Lipinski definition) is 1. The summed E-state index contributed by atoms with van der Waals surface area (Å²) in [6, 6.07) is 19.9. The average molecular weight is 483 g/mol. The topological polar surface area (TPSA) is 74.5 Å². The molecular weight excluding hydrogens is 466 g/mol. The first kappa shape index (κ1) is 21.6. The SMILES string of the molecule is Cc1ccc(C(=O)N/N=C/c2cc(Br)ccc2OCc2ccccc2C#N)cc1Cl. The van der Waals surface area contributed by atoms with Gasteiger partial charge in [-0.1, -0.05) is 51.8 Å². The van der Waals surface area contributed by atoms with Gasteiger partial charge in [0.15, 0.2) is 0 Å². The molecule has 0 atom stereocenters. The molecule has 0 saturated carbocycles. The Morgan fingerprint density at radius 3 is 2.80 bits per heavy atom. The van der Waals surface area contributed by atoms with Crippen LogP contribution in [0.25, 0.3) is 0 Å². The Kier molecular flexibility index (Phi) is 7.23. The second kappa shape index (κ2) is 10.1. The first-order chi connectivity index (χ1) is 14.5. The molecule has 0 radical (unpaired) electrons. The maximum Gasteiger partial charge on any atom is 0.271 e. The van der Waals surface area contributed by atoms with Crippen LogP contribution in [-0.4, -0.2) is 12.1 Å². The van der Waals surface area contributed by atoms with Crippen LogP contribution >= 0.6 is 27.5 Å². The number of aryl methyl sites for hydroxylation is 1. The van der Waals surface area contributed by atoms with E-state index in [1.54, 1.807) is 30.3 Å². The highest BCUT2D eigenvalue weighted by molar-refractivity contribution is 9.10. The standard InChI is InChI=1S/C23H17BrClN3O2/c1-15-6-7-16(11-21(15)25)23(29)28-27-13-19-10-20(24)8-9-22(19)30-14-18-5-3-2-4-17(18)12-26/h2-11,13H,14H2,1H3,(H,28,29)/b27-13+. The maximum absolute atomic E-state index is 12.3. The van der Waals surface area contributed by atoms with E-state index in [1.807, 2.05) is 37.3 Å². The van der Waals surface area contributed by atoms with Crippen LogP contribution in [0, 0.1) is 18.3 Å². The Morgan fingerprint density at radius 1 is 1.23 bits per heavy atom. The van der Waals surface area contributed by atoms with Crippen molar-refractivity contribution in [2.45, 2.75) is 13.5 Å². The summed E-state index contributed by atoms with van der Waals surface area (Å²) in [5, 5.41) is 13.8. The van der Waals surface area contributed by atoms with Gasteiger partial charge in [0.1, 0.15) is 12.4 Å².